The predicted octanol–water partition coefficient (Wildman–Crippen LogP) is 13.9. The summed E-state index contributed by atoms with van der Waals surface area (Å²) in [5, 5.41) is 0. The van der Waals surface area contributed by atoms with Gasteiger partial charge in [-0.25, -0.2) is 19.9 Å². The summed E-state index contributed by atoms with van der Waals surface area (Å²) in [5.41, 5.74) is 19.7. The summed E-state index contributed by atoms with van der Waals surface area (Å²) in [6.45, 7) is 0. The minimum absolute atomic E-state index is 0.482. The number of hydrogen-bond acceptors (Lipinski definition) is 4. The van der Waals surface area contributed by atoms with E-state index in [9.17, 15) is 0 Å². The van der Waals surface area contributed by atoms with E-state index in [1.165, 1.54) is 44.5 Å². The SMILES string of the molecule is c1ccc(-c2cccc(-c3nc(-c4ccc(-c5nc6ccccn6c5-c5ccccc5)cc4)nc(-c4ccc5c(c4)C4(c6ccccc6-c6ccccc64)c4ccccc4-5)n3)c2)cc1. The molecule has 64 heavy (non-hydrogen) atoms. The van der Waals surface area contributed by atoms with E-state index in [4.69, 9.17) is 19.9 Å². The molecule has 298 valence electrons. The lowest BCUT2D eigenvalue weighted by Crippen LogP contribution is -2.25. The quantitative estimate of drug-likeness (QED) is 0.168. The second kappa shape index (κ2) is 14.3. The van der Waals surface area contributed by atoms with E-state index in [1.54, 1.807) is 0 Å². The number of nitrogens with zero attached hydrogens (tertiary/aromatic N) is 5. The van der Waals surface area contributed by atoms with Crippen molar-refractivity contribution in [3.05, 3.63) is 247 Å². The van der Waals surface area contributed by atoms with Gasteiger partial charge < -0.3 is 0 Å². The van der Waals surface area contributed by atoms with Crippen LogP contribution in [0.1, 0.15) is 22.3 Å². The molecule has 13 rings (SSSR count). The first-order valence-electron chi connectivity index (χ1n) is 21.7. The summed E-state index contributed by atoms with van der Waals surface area (Å²) in [6, 6.07) is 77.5. The van der Waals surface area contributed by atoms with Crippen molar-refractivity contribution in [2.45, 2.75) is 5.41 Å². The van der Waals surface area contributed by atoms with Gasteiger partial charge in [-0.2, -0.15) is 0 Å². The summed E-state index contributed by atoms with van der Waals surface area (Å²) in [5.74, 6) is 1.84. The number of rotatable bonds is 6. The van der Waals surface area contributed by atoms with Crippen LogP contribution in [0.4, 0.5) is 0 Å². The summed E-state index contributed by atoms with van der Waals surface area (Å²) in [6.07, 6.45) is 2.08. The third kappa shape index (κ3) is 5.44. The fourth-order valence-corrected chi connectivity index (χ4v) is 10.3. The summed E-state index contributed by atoms with van der Waals surface area (Å²) < 4.78 is 2.16. The smallest absolute Gasteiger partial charge is 0.164 e. The minimum Gasteiger partial charge on any atom is -0.299 e. The molecule has 0 saturated heterocycles. The number of aromatic nitrogens is 5. The van der Waals surface area contributed by atoms with E-state index < -0.39 is 5.41 Å². The van der Waals surface area contributed by atoms with Crippen LogP contribution in [0.3, 0.4) is 0 Å². The normalized spacial score (nSPS) is 12.8. The average Bonchev–Trinajstić information content (AvgIpc) is 4.01. The van der Waals surface area contributed by atoms with Crippen LogP contribution >= 0.6 is 0 Å². The molecule has 3 heterocycles. The van der Waals surface area contributed by atoms with Gasteiger partial charge in [-0.3, -0.25) is 4.40 Å². The number of hydrogen-bond donors (Lipinski definition) is 0. The van der Waals surface area contributed by atoms with Crippen LogP contribution in [0.5, 0.6) is 0 Å². The summed E-state index contributed by atoms with van der Waals surface area (Å²) in [4.78, 5) is 21.0. The van der Waals surface area contributed by atoms with Gasteiger partial charge in [0.05, 0.1) is 16.8 Å². The molecule has 8 aromatic carbocycles. The minimum atomic E-state index is -0.482. The third-order valence-electron chi connectivity index (χ3n) is 13.1. The number of pyridine rings is 1. The highest BCUT2D eigenvalue weighted by Gasteiger charge is 2.51. The van der Waals surface area contributed by atoms with Crippen LogP contribution in [0.15, 0.2) is 225 Å². The van der Waals surface area contributed by atoms with Crippen molar-refractivity contribution in [1.29, 1.82) is 0 Å². The molecule has 1 spiro atoms. The topological polar surface area (TPSA) is 56.0 Å². The van der Waals surface area contributed by atoms with Gasteiger partial charge in [0.2, 0.25) is 0 Å². The maximum Gasteiger partial charge on any atom is 0.164 e. The van der Waals surface area contributed by atoms with Crippen LogP contribution in [0, 0.1) is 0 Å². The van der Waals surface area contributed by atoms with Crippen LogP contribution in [-0.2, 0) is 5.41 Å². The molecular weight excluding hydrogens is 779 g/mol. The van der Waals surface area contributed by atoms with Gasteiger partial charge in [-0.1, -0.05) is 194 Å². The van der Waals surface area contributed by atoms with Gasteiger partial charge in [0.25, 0.3) is 0 Å². The first-order chi connectivity index (χ1) is 31.7. The molecule has 0 atom stereocenters. The number of fused-ring (bicyclic) bond motifs is 11. The monoisotopic (exact) mass is 815 g/mol. The first-order valence-corrected chi connectivity index (χ1v) is 21.7. The zero-order valence-electron chi connectivity index (χ0n) is 34.6. The lowest BCUT2D eigenvalue weighted by atomic mass is 9.70. The lowest BCUT2D eigenvalue weighted by Gasteiger charge is -2.30. The Bertz CT molecular complexity index is 3550. The van der Waals surface area contributed by atoms with Crippen LogP contribution < -0.4 is 0 Å². The summed E-state index contributed by atoms with van der Waals surface area (Å²) in [7, 11) is 0. The molecule has 0 bridgehead atoms. The van der Waals surface area contributed by atoms with Gasteiger partial charge in [0.15, 0.2) is 17.5 Å². The summed E-state index contributed by atoms with van der Waals surface area (Å²) >= 11 is 0. The van der Waals surface area contributed by atoms with Crippen LogP contribution in [-0.4, -0.2) is 24.3 Å². The molecular formula is C59H37N5. The predicted molar refractivity (Wildman–Crippen MR) is 257 cm³/mol. The molecule has 3 aromatic heterocycles. The first kappa shape index (κ1) is 36.1. The highest BCUT2D eigenvalue weighted by Crippen LogP contribution is 2.63. The molecule has 0 fully saturated rings. The Morgan fingerprint density at radius 3 is 1.41 bits per heavy atom. The van der Waals surface area contributed by atoms with Crippen molar-refractivity contribution in [2.24, 2.45) is 0 Å². The van der Waals surface area contributed by atoms with E-state index in [2.05, 4.69) is 205 Å². The van der Waals surface area contributed by atoms with E-state index in [0.29, 0.717) is 17.5 Å². The molecule has 11 aromatic rings. The van der Waals surface area contributed by atoms with Gasteiger partial charge in [-0.05, 0) is 79.9 Å². The van der Waals surface area contributed by atoms with Crippen molar-refractivity contribution in [2.75, 3.05) is 0 Å². The highest BCUT2D eigenvalue weighted by atomic mass is 15.0. The lowest BCUT2D eigenvalue weighted by molar-refractivity contribution is 0.794. The van der Waals surface area contributed by atoms with E-state index in [1.807, 2.05) is 24.3 Å². The molecule has 0 aliphatic heterocycles. The standard InChI is InChI=1S/C59H37N5/c1-3-16-38(17-4-1)42-20-15-21-43(36-42)57-61-56(41-31-29-39(30-32-41)54-55(40-18-5-2-6-19-40)64-35-14-13-28-53(64)60-54)62-58(63-57)44-33-34-48-47-24-9-12-27-51(47)59(52(48)37-44)49-25-10-7-22-45(49)46-23-8-11-26-50(46)59/h1-37H. The van der Waals surface area contributed by atoms with Crippen molar-refractivity contribution < 1.29 is 0 Å². The fraction of sp³-hybridized carbons (Fsp3) is 0.0169. The molecule has 0 unspecified atom stereocenters. The zero-order chi connectivity index (χ0) is 42.2. The van der Waals surface area contributed by atoms with Gasteiger partial charge in [0.1, 0.15) is 5.65 Å². The fourth-order valence-electron chi connectivity index (χ4n) is 10.3. The highest BCUT2D eigenvalue weighted by molar-refractivity contribution is 5.96. The van der Waals surface area contributed by atoms with Crippen molar-refractivity contribution in [3.63, 3.8) is 0 Å². The van der Waals surface area contributed by atoms with E-state index >= 15 is 0 Å². The Labute approximate surface area is 370 Å². The van der Waals surface area contributed by atoms with Gasteiger partial charge in [0, 0.05) is 34.0 Å². The second-order valence-corrected chi connectivity index (χ2v) is 16.6. The Hall–Kier alpha value is -8.54. The van der Waals surface area contributed by atoms with Crippen molar-refractivity contribution in [1.82, 2.24) is 24.3 Å². The number of benzene rings is 8. The van der Waals surface area contributed by atoms with Crippen molar-refractivity contribution >= 4 is 5.65 Å². The molecule has 0 N–H and O–H groups in total. The molecule has 5 heteroatoms. The maximum absolute atomic E-state index is 5.32. The largest absolute Gasteiger partial charge is 0.299 e. The Morgan fingerprint density at radius 2 is 0.766 bits per heavy atom. The van der Waals surface area contributed by atoms with Gasteiger partial charge in [-0.15, -0.1) is 0 Å². The van der Waals surface area contributed by atoms with Crippen molar-refractivity contribution in [3.8, 4) is 90.1 Å². The third-order valence-corrected chi connectivity index (χ3v) is 13.1. The van der Waals surface area contributed by atoms with Crippen LogP contribution in [0.25, 0.3) is 95.7 Å². The zero-order valence-corrected chi connectivity index (χ0v) is 34.6. The molecule has 2 aliphatic rings. The molecule has 0 radical (unpaired) electrons. The van der Waals surface area contributed by atoms with E-state index in [-0.39, 0.29) is 0 Å². The van der Waals surface area contributed by atoms with E-state index in [0.717, 1.165) is 56.0 Å². The maximum atomic E-state index is 5.32. The molecule has 2 aliphatic carbocycles. The molecule has 0 amide bonds. The van der Waals surface area contributed by atoms with Crippen LogP contribution in [0.2, 0.25) is 0 Å². The Balaban J connectivity index is 0.991. The average molecular weight is 816 g/mol. The Kier molecular flexibility index (Phi) is 8.06. The molecule has 5 nitrogen and oxygen atoms in total. The Morgan fingerprint density at radius 1 is 0.297 bits per heavy atom. The molecule has 0 saturated carbocycles. The number of imidazole rings is 1. The second-order valence-electron chi connectivity index (χ2n) is 16.6. The van der Waals surface area contributed by atoms with Gasteiger partial charge >= 0.3 is 0 Å².